The Hall–Kier alpha value is -1.10. The van der Waals surface area contributed by atoms with Crippen LogP contribution in [0.3, 0.4) is 0 Å². The third kappa shape index (κ3) is 2.51. The summed E-state index contributed by atoms with van der Waals surface area (Å²) in [6, 6.07) is 1.86. The first-order valence-corrected chi connectivity index (χ1v) is 7.03. The van der Waals surface area contributed by atoms with Gasteiger partial charge in [-0.05, 0) is 53.7 Å². The number of carbonyl (C=O) groups excluding carboxylic acids is 1. The van der Waals surface area contributed by atoms with Crippen molar-refractivity contribution in [3.8, 4) is 0 Å². The van der Waals surface area contributed by atoms with Gasteiger partial charge in [0.05, 0.1) is 4.47 Å². The molecule has 1 fully saturated rings. The van der Waals surface area contributed by atoms with Gasteiger partial charge in [-0.3, -0.25) is 4.79 Å². The molecule has 18 heavy (non-hydrogen) atoms. The van der Waals surface area contributed by atoms with E-state index in [0.717, 1.165) is 41.7 Å². The van der Waals surface area contributed by atoms with E-state index >= 15 is 0 Å². The molecule has 1 unspecified atom stereocenters. The van der Waals surface area contributed by atoms with Gasteiger partial charge in [-0.25, -0.2) is 4.98 Å². The normalized spacial score (nSPS) is 19.7. The zero-order valence-corrected chi connectivity index (χ0v) is 12.3. The van der Waals surface area contributed by atoms with Crippen LogP contribution >= 0.6 is 15.9 Å². The zero-order valence-electron chi connectivity index (χ0n) is 10.7. The number of carbonyl (C=O) groups is 1. The summed E-state index contributed by atoms with van der Waals surface area (Å²) in [5.41, 5.74) is 1.14. The molecular formula is C13H18BrN3O. The Morgan fingerprint density at radius 2 is 2.33 bits per heavy atom. The Balaban J connectivity index is 2.34. The Morgan fingerprint density at radius 1 is 1.56 bits per heavy atom. The number of rotatable bonds is 2. The number of piperidine rings is 1. The van der Waals surface area contributed by atoms with Gasteiger partial charge in [-0.15, -0.1) is 0 Å². The van der Waals surface area contributed by atoms with E-state index in [2.05, 4.69) is 31.1 Å². The number of amides is 1. The van der Waals surface area contributed by atoms with Crippen LogP contribution in [0.4, 0.5) is 5.82 Å². The molecule has 1 aliphatic rings. The summed E-state index contributed by atoms with van der Waals surface area (Å²) in [7, 11) is 1.69. The molecular weight excluding hydrogens is 294 g/mol. The Bertz CT molecular complexity index is 450. The van der Waals surface area contributed by atoms with Gasteiger partial charge in [-0.2, -0.15) is 0 Å². The van der Waals surface area contributed by atoms with E-state index in [1.54, 1.807) is 13.2 Å². The Morgan fingerprint density at radius 3 is 3.06 bits per heavy atom. The minimum atomic E-state index is -0.102. The van der Waals surface area contributed by atoms with E-state index in [4.69, 9.17) is 0 Å². The first-order chi connectivity index (χ1) is 8.65. The van der Waals surface area contributed by atoms with Gasteiger partial charge in [0.2, 0.25) is 5.91 Å². The highest BCUT2D eigenvalue weighted by Gasteiger charge is 2.30. The standard InChI is InChI=1S/C13H18BrN3O/c1-9-6-7-16-12(11(9)14)17-8-4-3-5-10(17)13(18)15-2/h6-7,10H,3-5,8H2,1-2H3,(H,15,18). The van der Waals surface area contributed by atoms with Gasteiger partial charge in [0.25, 0.3) is 0 Å². The molecule has 1 saturated heterocycles. The van der Waals surface area contributed by atoms with Gasteiger partial charge in [0.1, 0.15) is 11.9 Å². The summed E-state index contributed by atoms with van der Waals surface area (Å²) in [5, 5.41) is 2.74. The molecule has 0 saturated carbocycles. The van der Waals surface area contributed by atoms with Gasteiger partial charge >= 0.3 is 0 Å². The molecule has 1 N–H and O–H groups in total. The lowest BCUT2D eigenvalue weighted by molar-refractivity contribution is -0.122. The number of anilines is 1. The maximum atomic E-state index is 12.0. The zero-order chi connectivity index (χ0) is 13.1. The lowest BCUT2D eigenvalue weighted by atomic mass is 10.0. The van der Waals surface area contributed by atoms with E-state index < -0.39 is 0 Å². The van der Waals surface area contributed by atoms with Crippen LogP contribution in [0, 0.1) is 6.92 Å². The molecule has 1 atom stereocenters. The molecule has 2 rings (SSSR count). The average molecular weight is 312 g/mol. The summed E-state index contributed by atoms with van der Waals surface area (Å²) < 4.78 is 0.987. The topological polar surface area (TPSA) is 45.2 Å². The van der Waals surface area contributed by atoms with E-state index in [-0.39, 0.29) is 11.9 Å². The van der Waals surface area contributed by atoms with Gasteiger partial charge in [0.15, 0.2) is 0 Å². The van der Waals surface area contributed by atoms with Gasteiger partial charge in [0, 0.05) is 19.8 Å². The van der Waals surface area contributed by atoms with Crippen LogP contribution in [0.2, 0.25) is 0 Å². The van der Waals surface area contributed by atoms with E-state index in [9.17, 15) is 4.79 Å². The number of aryl methyl sites for hydroxylation is 1. The lowest BCUT2D eigenvalue weighted by Crippen LogP contribution is -2.49. The molecule has 0 radical (unpaired) electrons. The number of aromatic nitrogens is 1. The number of nitrogens with one attached hydrogen (secondary N) is 1. The van der Waals surface area contributed by atoms with Crippen molar-refractivity contribution < 1.29 is 4.79 Å². The molecule has 5 heteroatoms. The van der Waals surface area contributed by atoms with Crippen molar-refractivity contribution in [2.24, 2.45) is 0 Å². The first kappa shape index (κ1) is 13.3. The van der Waals surface area contributed by atoms with Crippen LogP contribution in [0.15, 0.2) is 16.7 Å². The molecule has 0 spiro atoms. The third-order valence-electron chi connectivity index (χ3n) is 3.39. The monoisotopic (exact) mass is 311 g/mol. The minimum Gasteiger partial charge on any atom is -0.357 e. The second-order valence-electron chi connectivity index (χ2n) is 4.58. The van der Waals surface area contributed by atoms with Gasteiger partial charge in [-0.1, -0.05) is 0 Å². The van der Waals surface area contributed by atoms with Crippen molar-refractivity contribution in [3.63, 3.8) is 0 Å². The van der Waals surface area contributed by atoms with E-state index in [0.29, 0.717) is 0 Å². The number of likely N-dealkylation sites (N-methyl/N-ethyl adjacent to an activating group) is 1. The highest BCUT2D eigenvalue weighted by Crippen LogP contribution is 2.31. The van der Waals surface area contributed by atoms with Crippen molar-refractivity contribution >= 4 is 27.7 Å². The molecule has 4 nitrogen and oxygen atoms in total. The Labute approximate surface area is 116 Å². The number of hydrogen-bond acceptors (Lipinski definition) is 3. The summed E-state index contributed by atoms with van der Waals surface area (Å²) in [6.45, 7) is 2.92. The summed E-state index contributed by atoms with van der Waals surface area (Å²) in [6.07, 6.45) is 4.89. The number of pyridine rings is 1. The highest BCUT2D eigenvalue weighted by atomic mass is 79.9. The second-order valence-corrected chi connectivity index (χ2v) is 5.38. The van der Waals surface area contributed by atoms with Crippen molar-refractivity contribution in [2.75, 3.05) is 18.5 Å². The van der Waals surface area contributed by atoms with Gasteiger partial charge < -0.3 is 10.2 Å². The van der Waals surface area contributed by atoms with Crippen LogP contribution in [-0.2, 0) is 4.79 Å². The summed E-state index contributed by atoms with van der Waals surface area (Å²) >= 11 is 3.58. The molecule has 0 bridgehead atoms. The largest absolute Gasteiger partial charge is 0.357 e. The number of halogens is 1. The summed E-state index contributed by atoms with van der Waals surface area (Å²) in [5.74, 6) is 0.952. The van der Waals surface area contributed by atoms with Crippen molar-refractivity contribution in [1.29, 1.82) is 0 Å². The van der Waals surface area contributed by atoms with Crippen molar-refractivity contribution in [1.82, 2.24) is 10.3 Å². The minimum absolute atomic E-state index is 0.0740. The molecule has 1 aromatic rings. The van der Waals surface area contributed by atoms with Crippen LogP contribution in [0.25, 0.3) is 0 Å². The predicted molar refractivity (Wildman–Crippen MR) is 75.7 cm³/mol. The van der Waals surface area contributed by atoms with Crippen molar-refractivity contribution in [2.45, 2.75) is 32.2 Å². The smallest absolute Gasteiger partial charge is 0.242 e. The average Bonchev–Trinajstić information content (AvgIpc) is 2.41. The quantitative estimate of drug-likeness (QED) is 0.911. The SMILES string of the molecule is CNC(=O)C1CCCCN1c1nccc(C)c1Br. The fourth-order valence-corrected chi connectivity index (χ4v) is 2.81. The maximum absolute atomic E-state index is 12.0. The van der Waals surface area contributed by atoms with Crippen molar-refractivity contribution in [3.05, 3.63) is 22.3 Å². The van der Waals surface area contributed by atoms with E-state index in [1.807, 2.05) is 13.0 Å². The fraction of sp³-hybridized carbons (Fsp3) is 0.538. The van der Waals surface area contributed by atoms with E-state index in [1.165, 1.54) is 0 Å². The van der Waals surface area contributed by atoms with Crippen LogP contribution in [0.5, 0.6) is 0 Å². The maximum Gasteiger partial charge on any atom is 0.242 e. The predicted octanol–water partition coefficient (Wildman–Crippen LogP) is 2.26. The number of hydrogen-bond donors (Lipinski definition) is 1. The fourth-order valence-electron chi connectivity index (χ4n) is 2.35. The Kier molecular flexibility index (Phi) is 4.22. The molecule has 1 amide bonds. The highest BCUT2D eigenvalue weighted by molar-refractivity contribution is 9.10. The number of nitrogens with zero attached hydrogens (tertiary/aromatic N) is 2. The molecule has 1 aromatic heterocycles. The molecule has 98 valence electrons. The third-order valence-corrected chi connectivity index (χ3v) is 4.37. The van der Waals surface area contributed by atoms with Crippen LogP contribution in [0.1, 0.15) is 24.8 Å². The molecule has 1 aliphatic heterocycles. The van der Waals surface area contributed by atoms with Crippen LogP contribution in [-0.4, -0.2) is 30.5 Å². The molecule has 2 heterocycles. The summed E-state index contributed by atoms with van der Waals surface area (Å²) in [4.78, 5) is 18.5. The molecule has 0 aliphatic carbocycles. The lowest BCUT2D eigenvalue weighted by Gasteiger charge is -2.36. The van der Waals surface area contributed by atoms with Crippen LogP contribution < -0.4 is 10.2 Å². The molecule has 0 aromatic carbocycles. The second kappa shape index (κ2) is 5.69. The first-order valence-electron chi connectivity index (χ1n) is 6.24.